The van der Waals surface area contributed by atoms with Gasteiger partial charge in [0.1, 0.15) is 0 Å². The number of anilines is 1. The maximum absolute atomic E-state index is 3.83. The minimum Gasteiger partial charge on any atom is -0.380 e. The van der Waals surface area contributed by atoms with Crippen molar-refractivity contribution in [2.24, 2.45) is 0 Å². The van der Waals surface area contributed by atoms with Gasteiger partial charge in [0.05, 0.1) is 0 Å². The number of hydrogen-bond donors (Lipinski definition) is 1. The smallest absolute Gasteiger partial charge is 0.0481 e. The molecule has 2 fully saturated rings. The molecule has 2 heterocycles. The maximum atomic E-state index is 3.83. The number of nitrogens with one attached hydrogen (secondary N) is 1. The first kappa shape index (κ1) is 13.3. The molecule has 0 amide bonds. The van der Waals surface area contributed by atoms with Crippen LogP contribution in [0, 0.1) is 0 Å². The van der Waals surface area contributed by atoms with Crippen molar-refractivity contribution in [1.29, 1.82) is 0 Å². The van der Waals surface area contributed by atoms with Gasteiger partial charge >= 0.3 is 0 Å². The summed E-state index contributed by atoms with van der Waals surface area (Å²) in [5.41, 5.74) is 1.34. The van der Waals surface area contributed by atoms with Gasteiger partial charge < -0.3 is 5.32 Å². The monoisotopic (exact) mass is 276 g/mol. The third-order valence-electron chi connectivity index (χ3n) is 4.38. The fourth-order valence-corrected chi connectivity index (χ4v) is 4.25. The van der Waals surface area contributed by atoms with E-state index in [4.69, 9.17) is 0 Å². The Morgan fingerprint density at radius 2 is 2.11 bits per heavy atom. The van der Waals surface area contributed by atoms with Gasteiger partial charge in [-0.15, -0.1) is 11.8 Å². The van der Waals surface area contributed by atoms with Gasteiger partial charge in [0.15, 0.2) is 0 Å². The number of fused-ring (bicyclic) bond motifs is 1. The van der Waals surface area contributed by atoms with Gasteiger partial charge in [0.2, 0.25) is 0 Å². The second-order valence-corrected chi connectivity index (χ2v) is 6.87. The summed E-state index contributed by atoms with van der Waals surface area (Å²) in [5, 5.41) is 3.83. The topological polar surface area (TPSA) is 15.3 Å². The summed E-state index contributed by atoms with van der Waals surface area (Å²) < 4.78 is 0. The van der Waals surface area contributed by atoms with Crippen LogP contribution in [-0.4, -0.2) is 35.8 Å². The molecule has 2 aliphatic rings. The van der Waals surface area contributed by atoms with Crippen molar-refractivity contribution in [2.75, 3.05) is 24.2 Å². The summed E-state index contributed by atoms with van der Waals surface area (Å²) in [4.78, 5) is 4.09. The van der Waals surface area contributed by atoms with Crippen molar-refractivity contribution in [3.63, 3.8) is 0 Å². The van der Waals surface area contributed by atoms with Gasteiger partial charge in [0.25, 0.3) is 0 Å². The first-order valence-electron chi connectivity index (χ1n) is 7.61. The SMILES string of the molecule is CCSc1ccccc1NC1CCN2CCCCC12. The number of hydrogen-bond acceptors (Lipinski definition) is 3. The second-order valence-electron chi connectivity index (χ2n) is 5.57. The van der Waals surface area contributed by atoms with Crippen LogP contribution in [0.1, 0.15) is 32.6 Å². The molecule has 2 nitrogen and oxygen atoms in total. The number of para-hydroxylation sites is 1. The lowest BCUT2D eigenvalue weighted by Crippen LogP contribution is -2.41. The van der Waals surface area contributed by atoms with Crippen LogP contribution in [0.3, 0.4) is 0 Å². The van der Waals surface area contributed by atoms with Crippen molar-refractivity contribution in [3.05, 3.63) is 24.3 Å². The molecule has 2 aliphatic heterocycles. The van der Waals surface area contributed by atoms with Crippen molar-refractivity contribution >= 4 is 17.4 Å². The van der Waals surface area contributed by atoms with E-state index < -0.39 is 0 Å². The summed E-state index contributed by atoms with van der Waals surface area (Å²) in [6, 6.07) is 10.2. The molecule has 0 aromatic heterocycles. The second kappa shape index (κ2) is 6.19. The van der Waals surface area contributed by atoms with Crippen molar-refractivity contribution in [2.45, 2.75) is 49.6 Å². The predicted molar refractivity (Wildman–Crippen MR) is 84.1 cm³/mol. The molecule has 0 spiro atoms. The van der Waals surface area contributed by atoms with Crippen molar-refractivity contribution in [1.82, 2.24) is 4.90 Å². The average Bonchev–Trinajstić information content (AvgIpc) is 2.85. The molecule has 0 saturated carbocycles. The Morgan fingerprint density at radius 3 is 3.00 bits per heavy atom. The fourth-order valence-electron chi connectivity index (χ4n) is 3.48. The zero-order valence-corrected chi connectivity index (χ0v) is 12.6. The molecule has 2 saturated heterocycles. The highest BCUT2D eigenvalue weighted by Crippen LogP contribution is 2.32. The standard InChI is InChI=1S/C16H24N2S/c1-2-19-16-9-4-3-7-14(16)17-13-10-12-18-11-6-5-8-15(13)18/h3-4,7,9,13,15,17H,2,5-6,8,10-12H2,1H3. The third-order valence-corrected chi connectivity index (χ3v) is 5.34. The Bertz CT molecular complexity index is 421. The van der Waals surface area contributed by atoms with E-state index in [1.165, 1.54) is 49.4 Å². The van der Waals surface area contributed by atoms with E-state index in [0.717, 1.165) is 11.8 Å². The van der Waals surface area contributed by atoms with Crippen molar-refractivity contribution < 1.29 is 0 Å². The van der Waals surface area contributed by atoms with Crippen LogP contribution >= 0.6 is 11.8 Å². The Morgan fingerprint density at radius 1 is 1.21 bits per heavy atom. The van der Waals surface area contributed by atoms with E-state index in [1.54, 1.807) is 0 Å². The van der Waals surface area contributed by atoms with E-state index in [9.17, 15) is 0 Å². The average molecular weight is 276 g/mol. The van der Waals surface area contributed by atoms with Crippen LogP contribution in [0.15, 0.2) is 29.2 Å². The van der Waals surface area contributed by atoms with E-state index in [-0.39, 0.29) is 0 Å². The van der Waals surface area contributed by atoms with Gasteiger partial charge in [-0.25, -0.2) is 0 Å². The molecule has 104 valence electrons. The van der Waals surface area contributed by atoms with Crippen LogP contribution in [0.5, 0.6) is 0 Å². The molecule has 0 bridgehead atoms. The minimum atomic E-state index is 0.652. The minimum absolute atomic E-state index is 0.652. The zero-order chi connectivity index (χ0) is 13.1. The molecule has 2 atom stereocenters. The lowest BCUT2D eigenvalue weighted by Gasteiger charge is -2.33. The highest BCUT2D eigenvalue weighted by Gasteiger charge is 2.35. The van der Waals surface area contributed by atoms with Crippen LogP contribution in [0.25, 0.3) is 0 Å². The summed E-state index contributed by atoms with van der Waals surface area (Å²) >= 11 is 1.94. The molecule has 2 unspecified atom stereocenters. The van der Waals surface area contributed by atoms with Crippen LogP contribution in [-0.2, 0) is 0 Å². The molecule has 0 aliphatic carbocycles. The molecule has 1 aromatic carbocycles. The van der Waals surface area contributed by atoms with Gasteiger partial charge in [-0.2, -0.15) is 0 Å². The summed E-state index contributed by atoms with van der Waals surface area (Å²) in [6.45, 7) is 4.82. The molecule has 19 heavy (non-hydrogen) atoms. The summed E-state index contributed by atoms with van der Waals surface area (Å²) in [5.74, 6) is 1.14. The quantitative estimate of drug-likeness (QED) is 0.841. The Kier molecular flexibility index (Phi) is 4.34. The van der Waals surface area contributed by atoms with E-state index in [1.807, 2.05) is 11.8 Å². The highest BCUT2D eigenvalue weighted by atomic mass is 32.2. The van der Waals surface area contributed by atoms with Gasteiger partial charge in [-0.3, -0.25) is 4.90 Å². The number of benzene rings is 1. The zero-order valence-electron chi connectivity index (χ0n) is 11.8. The predicted octanol–water partition coefficient (Wildman–Crippen LogP) is 3.84. The van der Waals surface area contributed by atoms with Crippen LogP contribution in [0.4, 0.5) is 5.69 Å². The lowest BCUT2D eigenvalue weighted by molar-refractivity contribution is 0.192. The fraction of sp³-hybridized carbons (Fsp3) is 0.625. The molecular formula is C16H24N2S. The normalized spacial score (nSPS) is 27.2. The molecule has 1 N–H and O–H groups in total. The number of nitrogens with zero attached hydrogens (tertiary/aromatic N) is 1. The molecular weight excluding hydrogens is 252 g/mol. The summed E-state index contributed by atoms with van der Waals surface area (Å²) in [7, 11) is 0. The number of thioether (sulfide) groups is 1. The largest absolute Gasteiger partial charge is 0.380 e. The van der Waals surface area contributed by atoms with E-state index in [0.29, 0.717) is 6.04 Å². The van der Waals surface area contributed by atoms with Crippen molar-refractivity contribution in [3.8, 4) is 0 Å². The Hall–Kier alpha value is -0.670. The summed E-state index contributed by atoms with van der Waals surface area (Å²) in [6.07, 6.45) is 5.48. The number of piperidine rings is 1. The van der Waals surface area contributed by atoms with E-state index in [2.05, 4.69) is 41.4 Å². The lowest BCUT2D eigenvalue weighted by atomic mass is 9.99. The Labute approximate surface area is 121 Å². The first-order valence-corrected chi connectivity index (χ1v) is 8.59. The molecule has 3 rings (SSSR count). The number of rotatable bonds is 4. The van der Waals surface area contributed by atoms with Crippen LogP contribution < -0.4 is 5.32 Å². The van der Waals surface area contributed by atoms with Crippen LogP contribution in [0.2, 0.25) is 0 Å². The van der Waals surface area contributed by atoms with E-state index >= 15 is 0 Å². The highest BCUT2D eigenvalue weighted by molar-refractivity contribution is 7.99. The van der Waals surface area contributed by atoms with Gasteiger partial charge in [-0.05, 0) is 43.7 Å². The van der Waals surface area contributed by atoms with Gasteiger partial charge in [0, 0.05) is 29.2 Å². The third kappa shape index (κ3) is 2.92. The maximum Gasteiger partial charge on any atom is 0.0481 e. The molecule has 0 radical (unpaired) electrons. The molecule has 1 aromatic rings. The molecule has 3 heteroatoms. The Balaban J connectivity index is 1.71. The van der Waals surface area contributed by atoms with Gasteiger partial charge in [-0.1, -0.05) is 25.5 Å². The first-order chi connectivity index (χ1) is 9.38.